The first-order valence-corrected chi connectivity index (χ1v) is 10.6. The molecule has 0 aliphatic heterocycles. The van der Waals surface area contributed by atoms with E-state index in [0.29, 0.717) is 6.54 Å². The van der Waals surface area contributed by atoms with Gasteiger partial charge in [0.2, 0.25) is 26.0 Å². The largest absolute Gasteiger partial charge is 0.355 e. The zero-order valence-corrected chi connectivity index (χ0v) is 15.8. The number of carbonyl (C=O) groups excluding carboxylic acids is 1. The van der Waals surface area contributed by atoms with E-state index in [1.54, 1.807) is 0 Å². The SMILES string of the molecule is CCCNC(=O)CN(c1ccc(S(=O)(=O)N(C)C)cc1)S(C)(=O)=O. The number of sulfonamides is 2. The predicted octanol–water partition coefficient (Wildman–Crippen LogP) is 0.229. The molecule has 10 heteroatoms. The molecule has 0 bridgehead atoms. The van der Waals surface area contributed by atoms with Crippen molar-refractivity contribution >= 4 is 31.6 Å². The molecular formula is C14H23N3O5S2. The zero-order valence-electron chi connectivity index (χ0n) is 14.2. The Morgan fingerprint density at radius 3 is 2.04 bits per heavy atom. The van der Waals surface area contributed by atoms with Gasteiger partial charge in [-0.3, -0.25) is 9.10 Å². The molecule has 136 valence electrons. The summed E-state index contributed by atoms with van der Waals surface area (Å²) in [6.07, 6.45) is 1.73. The molecule has 0 atom stereocenters. The highest BCUT2D eigenvalue weighted by atomic mass is 32.2. The Morgan fingerprint density at radius 1 is 1.08 bits per heavy atom. The van der Waals surface area contributed by atoms with Crippen LogP contribution in [0.2, 0.25) is 0 Å². The van der Waals surface area contributed by atoms with E-state index >= 15 is 0 Å². The molecule has 1 aromatic carbocycles. The molecule has 0 aliphatic carbocycles. The van der Waals surface area contributed by atoms with E-state index in [2.05, 4.69) is 5.32 Å². The lowest BCUT2D eigenvalue weighted by atomic mass is 10.3. The second kappa shape index (κ2) is 7.95. The van der Waals surface area contributed by atoms with Gasteiger partial charge >= 0.3 is 0 Å². The highest BCUT2D eigenvalue weighted by Crippen LogP contribution is 2.21. The third kappa shape index (κ3) is 5.18. The molecule has 0 saturated carbocycles. The summed E-state index contributed by atoms with van der Waals surface area (Å²) in [5.41, 5.74) is 0.224. The van der Waals surface area contributed by atoms with Crippen LogP contribution in [0.25, 0.3) is 0 Å². The number of anilines is 1. The third-order valence-corrected chi connectivity index (χ3v) is 6.13. The summed E-state index contributed by atoms with van der Waals surface area (Å²) in [6.45, 7) is 1.98. The number of hydrogen-bond acceptors (Lipinski definition) is 5. The van der Waals surface area contributed by atoms with Crippen molar-refractivity contribution in [1.82, 2.24) is 9.62 Å². The number of nitrogens with zero attached hydrogens (tertiary/aromatic N) is 2. The summed E-state index contributed by atoms with van der Waals surface area (Å²) in [7, 11) is -4.48. The van der Waals surface area contributed by atoms with Gasteiger partial charge in [0.05, 0.1) is 16.8 Å². The van der Waals surface area contributed by atoms with Gasteiger partial charge in [0.25, 0.3) is 0 Å². The first-order chi connectivity index (χ1) is 11.0. The van der Waals surface area contributed by atoms with Crippen LogP contribution in [0.3, 0.4) is 0 Å². The third-order valence-electron chi connectivity index (χ3n) is 3.16. The number of nitrogens with one attached hydrogen (secondary N) is 1. The van der Waals surface area contributed by atoms with Gasteiger partial charge in [0, 0.05) is 20.6 Å². The second-order valence-electron chi connectivity index (χ2n) is 5.40. The Kier molecular flexibility index (Phi) is 6.76. The van der Waals surface area contributed by atoms with Crippen LogP contribution >= 0.6 is 0 Å². The fraction of sp³-hybridized carbons (Fsp3) is 0.500. The van der Waals surface area contributed by atoms with Crippen LogP contribution in [0, 0.1) is 0 Å². The fourth-order valence-corrected chi connectivity index (χ4v) is 3.60. The van der Waals surface area contributed by atoms with E-state index in [4.69, 9.17) is 0 Å². The topological polar surface area (TPSA) is 104 Å². The van der Waals surface area contributed by atoms with E-state index in [1.165, 1.54) is 38.4 Å². The minimum Gasteiger partial charge on any atom is -0.355 e. The Balaban J connectivity index is 3.11. The molecule has 24 heavy (non-hydrogen) atoms. The smallest absolute Gasteiger partial charge is 0.242 e. The molecule has 1 amide bonds. The molecule has 1 aromatic rings. The number of amides is 1. The Morgan fingerprint density at radius 2 is 1.62 bits per heavy atom. The summed E-state index contributed by atoms with van der Waals surface area (Å²) in [6, 6.07) is 5.36. The van der Waals surface area contributed by atoms with Crippen molar-refractivity contribution < 1.29 is 21.6 Å². The summed E-state index contributed by atoms with van der Waals surface area (Å²) in [4.78, 5) is 11.9. The predicted molar refractivity (Wildman–Crippen MR) is 92.8 cm³/mol. The van der Waals surface area contributed by atoms with Crippen LogP contribution in [-0.4, -0.2) is 60.5 Å². The van der Waals surface area contributed by atoms with Crippen molar-refractivity contribution in [3.8, 4) is 0 Å². The van der Waals surface area contributed by atoms with E-state index < -0.39 is 26.0 Å². The highest BCUT2D eigenvalue weighted by Gasteiger charge is 2.22. The Bertz CT molecular complexity index is 771. The molecule has 0 aromatic heterocycles. The van der Waals surface area contributed by atoms with Gasteiger partial charge in [-0.1, -0.05) is 6.92 Å². The van der Waals surface area contributed by atoms with Crippen molar-refractivity contribution in [2.45, 2.75) is 18.2 Å². The van der Waals surface area contributed by atoms with E-state index in [-0.39, 0.29) is 17.1 Å². The summed E-state index contributed by atoms with van der Waals surface area (Å²) in [5, 5.41) is 2.61. The molecule has 0 aliphatic rings. The molecule has 1 rings (SSSR count). The van der Waals surface area contributed by atoms with Crippen molar-refractivity contribution in [2.24, 2.45) is 0 Å². The minimum atomic E-state index is -3.69. The second-order valence-corrected chi connectivity index (χ2v) is 9.46. The van der Waals surface area contributed by atoms with Crippen LogP contribution in [-0.2, 0) is 24.8 Å². The van der Waals surface area contributed by atoms with Gasteiger partial charge in [-0.25, -0.2) is 21.1 Å². The lowest BCUT2D eigenvalue weighted by Crippen LogP contribution is -2.40. The minimum absolute atomic E-state index is 0.0418. The van der Waals surface area contributed by atoms with Crippen LogP contribution < -0.4 is 9.62 Å². The van der Waals surface area contributed by atoms with Crippen molar-refractivity contribution in [2.75, 3.05) is 37.7 Å². The number of rotatable bonds is 8. The lowest BCUT2D eigenvalue weighted by Gasteiger charge is -2.22. The maximum Gasteiger partial charge on any atom is 0.242 e. The van der Waals surface area contributed by atoms with E-state index in [1.807, 2.05) is 6.92 Å². The van der Waals surface area contributed by atoms with Crippen molar-refractivity contribution in [3.05, 3.63) is 24.3 Å². The molecule has 0 heterocycles. The van der Waals surface area contributed by atoms with Gasteiger partial charge < -0.3 is 5.32 Å². The van der Waals surface area contributed by atoms with Crippen LogP contribution in [0.5, 0.6) is 0 Å². The summed E-state index contributed by atoms with van der Waals surface area (Å²) >= 11 is 0. The van der Waals surface area contributed by atoms with Gasteiger partial charge in [0.1, 0.15) is 6.54 Å². The Hall–Kier alpha value is -1.65. The average Bonchev–Trinajstić information content (AvgIpc) is 2.49. The van der Waals surface area contributed by atoms with Crippen LogP contribution in [0.1, 0.15) is 13.3 Å². The molecule has 0 saturated heterocycles. The van der Waals surface area contributed by atoms with Crippen LogP contribution in [0.15, 0.2) is 29.2 Å². The normalized spacial score (nSPS) is 12.2. The number of carbonyl (C=O) groups is 1. The molecule has 0 fully saturated rings. The van der Waals surface area contributed by atoms with Gasteiger partial charge in [-0.15, -0.1) is 0 Å². The molecule has 1 N–H and O–H groups in total. The molecule has 0 unspecified atom stereocenters. The van der Waals surface area contributed by atoms with E-state index in [9.17, 15) is 21.6 Å². The van der Waals surface area contributed by atoms with E-state index in [0.717, 1.165) is 21.3 Å². The quantitative estimate of drug-likeness (QED) is 0.698. The molecule has 0 spiro atoms. The van der Waals surface area contributed by atoms with Gasteiger partial charge in [-0.05, 0) is 30.7 Å². The Labute approximate surface area is 143 Å². The fourth-order valence-electron chi connectivity index (χ4n) is 1.85. The van der Waals surface area contributed by atoms with Crippen molar-refractivity contribution in [3.63, 3.8) is 0 Å². The maximum absolute atomic E-state index is 12.0. The molecular weight excluding hydrogens is 354 g/mol. The molecule has 0 radical (unpaired) electrons. The first-order valence-electron chi connectivity index (χ1n) is 7.27. The van der Waals surface area contributed by atoms with Crippen LogP contribution in [0.4, 0.5) is 5.69 Å². The summed E-state index contributed by atoms with van der Waals surface area (Å²) < 4.78 is 50.0. The first kappa shape index (κ1) is 20.4. The van der Waals surface area contributed by atoms with Crippen molar-refractivity contribution in [1.29, 1.82) is 0 Å². The average molecular weight is 377 g/mol. The zero-order chi connectivity index (χ0) is 18.5. The number of hydrogen-bond donors (Lipinski definition) is 1. The molecule has 8 nitrogen and oxygen atoms in total. The maximum atomic E-state index is 12.0. The lowest BCUT2D eigenvalue weighted by molar-refractivity contribution is -0.119. The summed E-state index contributed by atoms with van der Waals surface area (Å²) in [5.74, 6) is -0.424. The van der Waals surface area contributed by atoms with Gasteiger partial charge in [-0.2, -0.15) is 0 Å². The monoisotopic (exact) mass is 377 g/mol. The standard InChI is InChI=1S/C14H23N3O5S2/c1-5-10-15-14(18)11-17(23(4,19)20)12-6-8-13(9-7-12)24(21,22)16(2)3/h6-9H,5,10-11H2,1-4H3,(H,15,18). The highest BCUT2D eigenvalue weighted by molar-refractivity contribution is 7.92. The number of benzene rings is 1. The van der Waals surface area contributed by atoms with Gasteiger partial charge in [0.15, 0.2) is 0 Å².